The number of nitrogens with one attached hydrogen (secondary N) is 1. The second kappa shape index (κ2) is 6.29. The lowest BCUT2D eigenvalue weighted by molar-refractivity contribution is -0.253. The lowest BCUT2D eigenvalue weighted by Gasteiger charge is -2.27. The van der Waals surface area contributed by atoms with Gasteiger partial charge in [-0.3, -0.25) is 10.1 Å². The maximum atomic E-state index is 12.8. The number of hydrogen-bond donors (Lipinski definition) is 2. The van der Waals surface area contributed by atoms with Crippen molar-refractivity contribution in [2.24, 2.45) is 0 Å². The van der Waals surface area contributed by atoms with Crippen molar-refractivity contribution in [1.82, 2.24) is 9.55 Å². The predicted molar refractivity (Wildman–Crippen MR) is 89.4 cm³/mol. The summed E-state index contributed by atoms with van der Waals surface area (Å²) in [5, 5.41) is 20.9. The quantitative estimate of drug-likeness (QED) is 0.870. The summed E-state index contributed by atoms with van der Waals surface area (Å²) in [5.41, 5.74) is -2.28. The molecule has 6 nitrogen and oxygen atoms in total. The molecule has 1 unspecified atom stereocenters. The van der Waals surface area contributed by atoms with Gasteiger partial charge >= 0.3 is 6.18 Å². The number of nitrogens with zero attached hydrogens (tertiary/aromatic N) is 3. The van der Waals surface area contributed by atoms with Gasteiger partial charge in [0.25, 0.3) is 0 Å². The number of imidazole rings is 1. The van der Waals surface area contributed by atoms with Crippen LogP contribution in [0.25, 0.3) is 11.0 Å². The first kappa shape index (κ1) is 19.7. The van der Waals surface area contributed by atoms with E-state index in [9.17, 15) is 23.1 Å². The molecule has 140 valence electrons. The standard InChI is InChI=1S/C17H19F3N4O2/c1-15(2,3)24-12-7-10(9-21)5-6-11(12)22-14(24)23-13(25)8-16(4,26)17(18,19)20/h5-7,26H,8H2,1-4H3,(H,22,23,25). The fourth-order valence-electron chi connectivity index (χ4n) is 2.49. The minimum absolute atomic E-state index is 0.0468. The van der Waals surface area contributed by atoms with Gasteiger partial charge in [-0.25, -0.2) is 4.98 Å². The number of nitriles is 1. The Bertz CT molecular complexity index is 886. The van der Waals surface area contributed by atoms with Crippen LogP contribution >= 0.6 is 0 Å². The molecular formula is C17H19F3N4O2. The Hall–Kier alpha value is -2.60. The summed E-state index contributed by atoms with van der Waals surface area (Å²) >= 11 is 0. The largest absolute Gasteiger partial charge is 0.417 e. The van der Waals surface area contributed by atoms with E-state index in [0.29, 0.717) is 23.5 Å². The number of fused-ring (bicyclic) bond motifs is 1. The highest BCUT2D eigenvalue weighted by Gasteiger charge is 2.51. The average molecular weight is 368 g/mol. The fraction of sp³-hybridized carbons (Fsp3) is 0.471. The highest BCUT2D eigenvalue weighted by molar-refractivity contribution is 5.92. The van der Waals surface area contributed by atoms with Gasteiger partial charge in [0.15, 0.2) is 5.60 Å². The lowest BCUT2D eigenvalue weighted by Crippen LogP contribution is -2.45. The van der Waals surface area contributed by atoms with Crippen LogP contribution in [0.5, 0.6) is 0 Å². The first-order valence-electron chi connectivity index (χ1n) is 7.78. The fourth-order valence-corrected chi connectivity index (χ4v) is 2.49. The van der Waals surface area contributed by atoms with E-state index < -0.39 is 29.6 Å². The Morgan fingerprint density at radius 3 is 2.42 bits per heavy atom. The number of anilines is 1. The Kier molecular flexibility index (Phi) is 4.77. The van der Waals surface area contributed by atoms with Crippen molar-refractivity contribution < 1.29 is 23.1 Å². The highest BCUT2D eigenvalue weighted by Crippen LogP contribution is 2.33. The molecule has 0 radical (unpaired) electrons. The molecule has 1 amide bonds. The number of carbonyl (C=O) groups is 1. The summed E-state index contributed by atoms with van der Waals surface area (Å²) < 4.78 is 39.9. The third kappa shape index (κ3) is 3.80. The van der Waals surface area contributed by atoms with E-state index in [1.165, 1.54) is 0 Å². The van der Waals surface area contributed by atoms with Gasteiger partial charge < -0.3 is 9.67 Å². The smallest absolute Gasteiger partial charge is 0.380 e. The van der Waals surface area contributed by atoms with Crippen LogP contribution in [0.4, 0.5) is 19.1 Å². The SMILES string of the molecule is CC(C)(C)n1c(NC(=O)CC(C)(O)C(F)(F)F)nc2ccc(C#N)cc21. The minimum Gasteiger partial charge on any atom is -0.380 e. The second-order valence-electron chi connectivity index (χ2n) is 7.25. The Morgan fingerprint density at radius 1 is 1.31 bits per heavy atom. The molecule has 1 atom stereocenters. The summed E-state index contributed by atoms with van der Waals surface area (Å²) in [5.74, 6) is -0.973. The number of aromatic nitrogens is 2. The number of hydrogen-bond acceptors (Lipinski definition) is 4. The molecule has 0 aliphatic carbocycles. The van der Waals surface area contributed by atoms with E-state index in [4.69, 9.17) is 5.26 Å². The van der Waals surface area contributed by atoms with Gasteiger partial charge in [0.1, 0.15) is 0 Å². The van der Waals surface area contributed by atoms with Crippen LogP contribution in [0, 0.1) is 11.3 Å². The van der Waals surface area contributed by atoms with Gasteiger partial charge in [-0.05, 0) is 45.9 Å². The van der Waals surface area contributed by atoms with Gasteiger partial charge in [-0.1, -0.05) is 0 Å². The maximum absolute atomic E-state index is 12.8. The number of amides is 1. The van der Waals surface area contributed by atoms with E-state index in [2.05, 4.69) is 10.3 Å². The number of aliphatic hydroxyl groups is 1. The molecule has 1 aromatic heterocycles. The number of rotatable bonds is 3. The maximum Gasteiger partial charge on any atom is 0.417 e. The van der Waals surface area contributed by atoms with Crippen LogP contribution < -0.4 is 5.32 Å². The number of halogens is 3. The Morgan fingerprint density at radius 2 is 1.92 bits per heavy atom. The molecular weight excluding hydrogens is 349 g/mol. The first-order valence-corrected chi connectivity index (χ1v) is 7.78. The van der Waals surface area contributed by atoms with Crippen molar-refractivity contribution in [3.63, 3.8) is 0 Å². The molecule has 1 aromatic carbocycles. The summed E-state index contributed by atoms with van der Waals surface area (Å²) in [4.78, 5) is 16.3. The number of carbonyl (C=O) groups excluding carboxylic acids is 1. The molecule has 0 saturated carbocycles. The van der Waals surface area contributed by atoms with Crippen molar-refractivity contribution in [1.29, 1.82) is 5.26 Å². The normalized spacial score (nSPS) is 14.7. The third-order valence-electron chi connectivity index (χ3n) is 3.82. The Balaban J connectivity index is 2.44. The molecule has 2 aromatic rings. The highest BCUT2D eigenvalue weighted by atomic mass is 19.4. The molecule has 2 rings (SSSR count). The summed E-state index contributed by atoms with van der Waals surface area (Å²) in [6.07, 6.45) is -6.09. The van der Waals surface area contributed by atoms with E-state index in [1.807, 2.05) is 26.8 Å². The van der Waals surface area contributed by atoms with Crippen LogP contribution in [0.2, 0.25) is 0 Å². The molecule has 0 saturated heterocycles. The molecule has 26 heavy (non-hydrogen) atoms. The number of alkyl halides is 3. The van der Waals surface area contributed by atoms with Crippen LogP contribution in [0.1, 0.15) is 39.7 Å². The Labute approximate surface area is 148 Å². The average Bonchev–Trinajstić information content (AvgIpc) is 2.81. The van der Waals surface area contributed by atoms with Crippen LogP contribution in [0.15, 0.2) is 18.2 Å². The van der Waals surface area contributed by atoms with Crippen LogP contribution in [-0.4, -0.2) is 32.3 Å². The zero-order chi connectivity index (χ0) is 19.9. The van der Waals surface area contributed by atoms with Crippen LogP contribution in [-0.2, 0) is 10.3 Å². The number of benzene rings is 1. The van der Waals surface area contributed by atoms with Crippen molar-refractivity contribution in [3.8, 4) is 6.07 Å². The second-order valence-corrected chi connectivity index (χ2v) is 7.25. The van der Waals surface area contributed by atoms with Crippen molar-refractivity contribution in [3.05, 3.63) is 23.8 Å². The zero-order valence-electron chi connectivity index (χ0n) is 14.8. The summed E-state index contributed by atoms with van der Waals surface area (Å²) in [7, 11) is 0. The molecule has 0 aliphatic rings. The van der Waals surface area contributed by atoms with Gasteiger partial charge in [0.2, 0.25) is 11.9 Å². The van der Waals surface area contributed by atoms with Crippen molar-refractivity contribution >= 4 is 22.9 Å². The monoisotopic (exact) mass is 368 g/mol. The van der Waals surface area contributed by atoms with Crippen molar-refractivity contribution in [2.45, 2.75) is 51.4 Å². The van der Waals surface area contributed by atoms with Gasteiger partial charge in [0.05, 0.1) is 29.1 Å². The van der Waals surface area contributed by atoms with Gasteiger partial charge in [-0.15, -0.1) is 0 Å². The molecule has 0 aliphatic heterocycles. The zero-order valence-corrected chi connectivity index (χ0v) is 14.8. The van der Waals surface area contributed by atoms with Gasteiger partial charge in [-0.2, -0.15) is 18.4 Å². The molecule has 0 fully saturated rings. The molecule has 1 heterocycles. The van der Waals surface area contributed by atoms with E-state index >= 15 is 0 Å². The van der Waals surface area contributed by atoms with E-state index in [1.54, 1.807) is 22.8 Å². The molecule has 9 heteroatoms. The summed E-state index contributed by atoms with van der Waals surface area (Å²) in [6.45, 7) is 6.02. The minimum atomic E-state index is -4.93. The molecule has 2 N–H and O–H groups in total. The first-order chi connectivity index (χ1) is 11.8. The predicted octanol–water partition coefficient (Wildman–Crippen LogP) is 3.30. The molecule has 0 spiro atoms. The third-order valence-corrected chi connectivity index (χ3v) is 3.82. The van der Waals surface area contributed by atoms with E-state index in [0.717, 1.165) is 0 Å². The molecule has 0 bridgehead atoms. The lowest BCUT2D eigenvalue weighted by atomic mass is 10.0. The van der Waals surface area contributed by atoms with Gasteiger partial charge in [0, 0.05) is 5.54 Å². The topological polar surface area (TPSA) is 90.9 Å². The van der Waals surface area contributed by atoms with Crippen molar-refractivity contribution in [2.75, 3.05) is 5.32 Å². The van der Waals surface area contributed by atoms with E-state index in [-0.39, 0.29) is 5.95 Å². The van der Waals surface area contributed by atoms with Crippen LogP contribution in [0.3, 0.4) is 0 Å². The summed E-state index contributed by atoms with van der Waals surface area (Å²) in [6, 6.07) is 6.75.